The summed E-state index contributed by atoms with van der Waals surface area (Å²) in [5, 5.41) is 8.66. The minimum atomic E-state index is -0.718. The van der Waals surface area contributed by atoms with E-state index in [9.17, 15) is 4.79 Å². The maximum absolute atomic E-state index is 10.5. The highest BCUT2D eigenvalue weighted by Crippen LogP contribution is 2.19. The van der Waals surface area contributed by atoms with E-state index < -0.39 is 5.97 Å². The van der Waals surface area contributed by atoms with E-state index in [0.717, 1.165) is 19.4 Å². The average Bonchev–Trinajstić information content (AvgIpc) is 2.06. The van der Waals surface area contributed by atoms with Crippen LogP contribution in [0, 0.1) is 5.92 Å². The maximum atomic E-state index is 10.5. The van der Waals surface area contributed by atoms with Gasteiger partial charge in [0.1, 0.15) is 0 Å². The minimum absolute atomic E-state index is 0.185. The molecule has 3 heteroatoms. The van der Waals surface area contributed by atoms with E-state index in [0.29, 0.717) is 6.42 Å². The Labute approximate surface area is 72.7 Å². The topological polar surface area (TPSA) is 46.5 Å². The van der Waals surface area contributed by atoms with E-state index in [2.05, 4.69) is 0 Å². The second kappa shape index (κ2) is 4.45. The first-order valence-electron chi connectivity index (χ1n) is 4.54. The Balaban J connectivity index is 2.24. The summed E-state index contributed by atoms with van der Waals surface area (Å²) >= 11 is 0. The van der Waals surface area contributed by atoms with Crippen molar-refractivity contribution >= 4 is 5.97 Å². The molecule has 0 amide bonds. The molecule has 1 aliphatic heterocycles. The summed E-state index contributed by atoms with van der Waals surface area (Å²) in [5.41, 5.74) is 0. The van der Waals surface area contributed by atoms with Gasteiger partial charge in [-0.25, -0.2) is 0 Å². The maximum Gasteiger partial charge on any atom is 0.306 e. The molecule has 70 valence electrons. The molecule has 12 heavy (non-hydrogen) atoms. The van der Waals surface area contributed by atoms with Crippen molar-refractivity contribution in [2.45, 2.75) is 38.7 Å². The van der Waals surface area contributed by atoms with Gasteiger partial charge >= 0.3 is 5.97 Å². The lowest BCUT2D eigenvalue weighted by atomic mass is 9.98. The van der Waals surface area contributed by atoms with Gasteiger partial charge in [-0.15, -0.1) is 0 Å². The highest BCUT2D eigenvalue weighted by Gasteiger charge is 2.20. The number of carbonyl (C=O) groups is 1. The van der Waals surface area contributed by atoms with E-state index in [1.807, 2.05) is 0 Å². The number of carboxylic acids is 1. The van der Waals surface area contributed by atoms with Gasteiger partial charge in [-0.3, -0.25) is 4.79 Å². The summed E-state index contributed by atoms with van der Waals surface area (Å²) in [5.74, 6) is -0.989. The molecule has 0 radical (unpaired) electrons. The minimum Gasteiger partial charge on any atom is -0.481 e. The molecule has 2 unspecified atom stereocenters. The first kappa shape index (κ1) is 9.52. The summed E-state index contributed by atoms with van der Waals surface area (Å²) in [6, 6.07) is 0. The molecule has 0 aliphatic carbocycles. The van der Waals surface area contributed by atoms with E-state index in [1.165, 1.54) is 6.42 Å². The van der Waals surface area contributed by atoms with E-state index in [-0.39, 0.29) is 12.0 Å². The lowest BCUT2D eigenvalue weighted by Gasteiger charge is -2.23. The van der Waals surface area contributed by atoms with Gasteiger partial charge in [-0.05, 0) is 25.7 Å². The number of aliphatic carboxylic acids is 1. The predicted octanol–water partition coefficient (Wildman–Crippen LogP) is 1.67. The fourth-order valence-corrected chi connectivity index (χ4v) is 1.49. The molecule has 0 spiro atoms. The summed E-state index contributed by atoms with van der Waals surface area (Å²) in [6.07, 6.45) is 4.17. The molecular weight excluding hydrogens is 156 g/mol. The van der Waals surface area contributed by atoms with Crippen LogP contribution < -0.4 is 0 Å². The summed E-state index contributed by atoms with van der Waals surface area (Å²) in [4.78, 5) is 10.5. The SMILES string of the molecule is CC(CC1CCCCO1)C(=O)O. The Kier molecular flexibility index (Phi) is 3.53. The second-order valence-corrected chi connectivity index (χ2v) is 3.46. The summed E-state index contributed by atoms with van der Waals surface area (Å²) < 4.78 is 5.44. The predicted molar refractivity (Wildman–Crippen MR) is 45.0 cm³/mol. The van der Waals surface area contributed by atoms with Crippen LogP contribution in [-0.4, -0.2) is 23.8 Å². The lowest BCUT2D eigenvalue weighted by Crippen LogP contribution is -2.24. The Morgan fingerprint density at radius 2 is 2.42 bits per heavy atom. The Bertz CT molecular complexity index is 150. The molecule has 1 heterocycles. The molecule has 0 aromatic rings. The van der Waals surface area contributed by atoms with Crippen LogP contribution in [0.3, 0.4) is 0 Å². The van der Waals surface area contributed by atoms with Crippen molar-refractivity contribution in [2.24, 2.45) is 5.92 Å². The molecule has 0 aromatic heterocycles. The quantitative estimate of drug-likeness (QED) is 0.704. The highest BCUT2D eigenvalue weighted by molar-refractivity contribution is 5.69. The second-order valence-electron chi connectivity index (χ2n) is 3.46. The van der Waals surface area contributed by atoms with Crippen LogP contribution in [-0.2, 0) is 9.53 Å². The van der Waals surface area contributed by atoms with Crippen molar-refractivity contribution in [3.05, 3.63) is 0 Å². The third kappa shape index (κ3) is 2.81. The van der Waals surface area contributed by atoms with Gasteiger partial charge in [-0.1, -0.05) is 6.92 Å². The standard InChI is InChI=1S/C9H16O3/c1-7(9(10)11)6-8-4-2-3-5-12-8/h7-8H,2-6H2,1H3,(H,10,11). The Morgan fingerprint density at radius 3 is 2.92 bits per heavy atom. The fourth-order valence-electron chi connectivity index (χ4n) is 1.49. The molecule has 1 fully saturated rings. The van der Waals surface area contributed by atoms with Crippen molar-refractivity contribution < 1.29 is 14.6 Å². The molecule has 1 rings (SSSR count). The van der Waals surface area contributed by atoms with Gasteiger partial charge < -0.3 is 9.84 Å². The number of carboxylic acid groups (broad SMARTS) is 1. The molecule has 2 atom stereocenters. The zero-order valence-electron chi connectivity index (χ0n) is 7.45. The molecular formula is C9H16O3. The van der Waals surface area contributed by atoms with Crippen molar-refractivity contribution in [3.63, 3.8) is 0 Å². The van der Waals surface area contributed by atoms with Crippen molar-refractivity contribution in [2.75, 3.05) is 6.61 Å². The van der Waals surface area contributed by atoms with Crippen molar-refractivity contribution in [1.82, 2.24) is 0 Å². The first-order valence-corrected chi connectivity index (χ1v) is 4.54. The van der Waals surface area contributed by atoms with Crippen LogP contribution in [0.4, 0.5) is 0 Å². The smallest absolute Gasteiger partial charge is 0.306 e. The summed E-state index contributed by atoms with van der Waals surface area (Å²) in [6.45, 7) is 2.54. The zero-order valence-corrected chi connectivity index (χ0v) is 7.45. The van der Waals surface area contributed by atoms with Gasteiger partial charge in [-0.2, -0.15) is 0 Å². The molecule has 0 saturated carbocycles. The molecule has 3 nitrogen and oxygen atoms in total. The van der Waals surface area contributed by atoms with Crippen LogP contribution in [0.1, 0.15) is 32.6 Å². The Morgan fingerprint density at radius 1 is 1.67 bits per heavy atom. The molecule has 0 aromatic carbocycles. The van der Waals surface area contributed by atoms with E-state index in [1.54, 1.807) is 6.92 Å². The van der Waals surface area contributed by atoms with Gasteiger partial charge in [0.15, 0.2) is 0 Å². The summed E-state index contributed by atoms with van der Waals surface area (Å²) in [7, 11) is 0. The largest absolute Gasteiger partial charge is 0.481 e. The van der Waals surface area contributed by atoms with E-state index in [4.69, 9.17) is 9.84 Å². The van der Waals surface area contributed by atoms with Crippen molar-refractivity contribution in [3.8, 4) is 0 Å². The lowest BCUT2D eigenvalue weighted by molar-refractivity contribution is -0.142. The third-order valence-electron chi connectivity index (χ3n) is 2.31. The molecule has 1 saturated heterocycles. The number of hydrogen-bond acceptors (Lipinski definition) is 2. The first-order chi connectivity index (χ1) is 5.70. The average molecular weight is 172 g/mol. The van der Waals surface area contributed by atoms with Gasteiger partial charge in [0.2, 0.25) is 0 Å². The van der Waals surface area contributed by atoms with Gasteiger partial charge in [0.25, 0.3) is 0 Å². The number of ether oxygens (including phenoxy) is 1. The molecule has 0 bridgehead atoms. The molecule has 1 aliphatic rings. The highest BCUT2D eigenvalue weighted by atomic mass is 16.5. The normalized spacial score (nSPS) is 26.6. The van der Waals surface area contributed by atoms with Gasteiger partial charge in [0.05, 0.1) is 12.0 Å². The van der Waals surface area contributed by atoms with Gasteiger partial charge in [0, 0.05) is 6.61 Å². The fraction of sp³-hybridized carbons (Fsp3) is 0.889. The van der Waals surface area contributed by atoms with E-state index >= 15 is 0 Å². The van der Waals surface area contributed by atoms with Crippen LogP contribution in [0.15, 0.2) is 0 Å². The van der Waals surface area contributed by atoms with Crippen LogP contribution in [0.2, 0.25) is 0 Å². The van der Waals surface area contributed by atoms with Crippen LogP contribution >= 0.6 is 0 Å². The van der Waals surface area contributed by atoms with Crippen molar-refractivity contribution in [1.29, 1.82) is 0 Å². The third-order valence-corrected chi connectivity index (χ3v) is 2.31. The number of hydrogen-bond donors (Lipinski definition) is 1. The van der Waals surface area contributed by atoms with Crippen LogP contribution in [0.5, 0.6) is 0 Å². The monoisotopic (exact) mass is 172 g/mol. The molecule has 1 N–H and O–H groups in total. The van der Waals surface area contributed by atoms with Crippen LogP contribution in [0.25, 0.3) is 0 Å². The zero-order chi connectivity index (χ0) is 8.97. The Hall–Kier alpha value is -0.570. The number of rotatable bonds is 3.